The molecule has 0 aromatic heterocycles. The molecule has 2 saturated heterocycles. The number of piperazine rings is 1. The fraction of sp³-hybridized carbons (Fsp3) is 0.870. The normalized spacial score (nSPS) is 26.3. The summed E-state index contributed by atoms with van der Waals surface area (Å²) in [6, 6.07) is 0.455. The molecule has 8 heteroatoms. The average Bonchev–Trinajstić information content (AvgIpc) is 3.24. The van der Waals surface area contributed by atoms with Crippen LogP contribution in [0.3, 0.4) is 0 Å². The number of nitrogens with zero attached hydrogens (tertiary/aromatic N) is 5. The molecule has 3 aliphatic rings. The Bertz CT molecular complexity index is 628. The summed E-state index contributed by atoms with van der Waals surface area (Å²) in [5.41, 5.74) is 0. The van der Waals surface area contributed by atoms with Crippen LogP contribution in [0.25, 0.3) is 0 Å². The van der Waals surface area contributed by atoms with Crippen LogP contribution in [0.4, 0.5) is 0 Å². The lowest BCUT2D eigenvalue weighted by Gasteiger charge is -2.39. The largest absolute Gasteiger partial charge is 0.353 e. The van der Waals surface area contributed by atoms with E-state index in [1.165, 1.54) is 32.1 Å². The molecule has 3 fully saturated rings. The fourth-order valence-corrected chi connectivity index (χ4v) is 5.05. The number of hydrogen-bond donors (Lipinski definition) is 1. The zero-order valence-electron chi connectivity index (χ0n) is 20.0. The van der Waals surface area contributed by atoms with Gasteiger partial charge >= 0.3 is 0 Å². The summed E-state index contributed by atoms with van der Waals surface area (Å²) in [6.45, 7) is 10.3. The van der Waals surface area contributed by atoms with Crippen molar-refractivity contribution < 1.29 is 9.59 Å². The second kappa shape index (κ2) is 11.2. The quantitative estimate of drug-likeness (QED) is 0.518. The van der Waals surface area contributed by atoms with E-state index in [4.69, 9.17) is 0 Å². The van der Waals surface area contributed by atoms with E-state index < -0.39 is 0 Å². The average molecular weight is 435 g/mol. The molecule has 0 radical (unpaired) electrons. The Balaban J connectivity index is 1.52. The van der Waals surface area contributed by atoms with Crippen molar-refractivity contribution in [2.24, 2.45) is 16.8 Å². The van der Waals surface area contributed by atoms with E-state index in [2.05, 4.69) is 38.9 Å². The fourth-order valence-electron chi connectivity index (χ4n) is 5.05. The highest BCUT2D eigenvalue weighted by Gasteiger charge is 2.28. The van der Waals surface area contributed by atoms with Crippen LogP contribution in [0.2, 0.25) is 0 Å². The van der Waals surface area contributed by atoms with E-state index in [-0.39, 0.29) is 18.4 Å². The Hall–Kier alpha value is -1.83. The number of hydrogen-bond acceptors (Lipinski definition) is 4. The Labute approximate surface area is 188 Å². The van der Waals surface area contributed by atoms with Gasteiger partial charge in [-0.15, -0.1) is 0 Å². The highest BCUT2D eigenvalue weighted by Crippen LogP contribution is 2.21. The van der Waals surface area contributed by atoms with Crippen LogP contribution in [-0.4, -0.2) is 110 Å². The lowest BCUT2D eigenvalue weighted by atomic mass is 9.92. The second-order valence-corrected chi connectivity index (χ2v) is 10.1. The molecule has 0 bridgehead atoms. The van der Waals surface area contributed by atoms with Gasteiger partial charge < -0.3 is 20.0 Å². The van der Waals surface area contributed by atoms with Crippen LogP contribution >= 0.6 is 0 Å². The monoisotopic (exact) mass is 434 g/mol. The van der Waals surface area contributed by atoms with Crippen LogP contribution in [0, 0.1) is 11.8 Å². The van der Waals surface area contributed by atoms with Crippen LogP contribution in [0.15, 0.2) is 4.99 Å². The minimum absolute atomic E-state index is 0.0138. The number of likely N-dealkylation sites (tertiary alicyclic amines) is 1. The van der Waals surface area contributed by atoms with Gasteiger partial charge in [-0.25, -0.2) is 4.99 Å². The molecule has 8 nitrogen and oxygen atoms in total. The SMILES string of the molecule is CC1CC(C)CN(C(=O)CN2CCN(C(=NCC(=O)N(C)C)NC3CCCC3)CC2)C1. The maximum Gasteiger partial charge on any atom is 0.243 e. The Morgan fingerprint density at radius 1 is 0.968 bits per heavy atom. The van der Waals surface area contributed by atoms with Gasteiger partial charge in [0.25, 0.3) is 0 Å². The molecular weight excluding hydrogens is 392 g/mol. The van der Waals surface area contributed by atoms with E-state index in [9.17, 15) is 9.59 Å². The van der Waals surface area contributed by atoms with Gasteiger partial charge in [-0.05, 0) is 31.1 Å². The first-order valence-corrected chi connectivity index (χ1v) is 12.1. The molecule has 2 atom stereocenters. The molecule has 2 unspecified atom stereocenters. The maximum absolute atomic E-state index is 12.8. The Kier molecular flexibility index (Phi) is 8.58. The van der Waals surface area contributed by atoms with Crippen molar-refractivity contribution in [2.45, 2.75) is 52.0 Å². The van der Waals surface area contributed by atoms with Crippen molar-refractivity contribution in [3.05, 3.63) is 0 Å². The summed E-state index contributed by atoms with van der Waals surface area (Å²) in [6.07, 6.45) is 6.06. The van der Waals surface area contributed by atoms with Crippen molar-refractivity contribution in [1.29, 1.82) is 0 Å². The second-order valence-electron chi connectivity index (χ2n) is 10.1. The van der Waals surface area contributed by atoms with Gasteiger partial charge in [0.1, 0.15) is 6.54 Å². The van der Waals surface area contributed by atoms with Crippen LogP contribution in [0.1, 0.15) is 46.0 Å². The van der Waals surface area contributed by atoms with E-state index in [1.54, 1.807) is 19.0 Å². The Morgan fingerprint density at radius 3 is 2.16 bits per heavy atom. The van der Waals surface area contributed by atoms with Crippen LogP contribution in [-0.2, 0) is 9.59 Å². The Morgan fingerprint density at radius 2 is 1.58 bits per heavy atom. The van der Waals surface area contributed by atoms with Gasteiger partial charge in [0.05, 0.1) is 6.54 Å². The molecule has 1 saturated carbocycles. The molecule has 2 heterocycles. The van der Waals surface area contributed by atoms with Crippen molar-refractivity contribution in [2.75, 3.05) is 66.5 Å². The van der Waals surface area contributed by atoms with E-state index in [0.717, 1.165) is 45.2 Å². The van der Waals surface area contributed by atoms with Gasteiger partial charge in [-0.1, -0.05) is 26.7 Å². The van der Waals surface area contributed by atoms with Gasteiger partial charge in [0.2, 0.25) is 11.8 Å². The van der Waals surface area contributed by atoms with Crippen LogP contribution < -0.4 is 5.32 Å². The third kappa shape index (κ3) is 7.09. The summed E-state index contributed by atoms with van der Waals surface area (Å²) in [4.78, 5) is 37.7. The summed E-state index contributed by atoms with van der Waals surface area (Å²) < 4.78 is 0. The number of piperidine rings is 1. The highest BCUT2D eigenvalue weighted by molar-refractivity contribution is 5.85. The minimum Gasteiger partial charge on any atom is -0.353 e. The first-order valence-electron chi connectivity index (χ1n) is 12.1. The van der Waals surface area contributed by atoms with Gasteiger partial charge in [-0.3, -0.25) is 14.5 Å². The summed E-state index contributed by atoms with van der Waals surface area (Å²) in [7, 11) is 3.53. The van der Waals surface area contributed by atoms with Crippen molar-refractivity contribution in [1.82, 2.24) is 24.9 Å². The molecule has 2 aliphatic heterocycles. The predicted octanol–water partition coefficient (Wildman–Crippen LogP) is 1.08. The van der Waals surface area contributed by atoms with Crippen molar-refractivity contribution in [3.8, 4) is 0 Å². The number of rotatable bonds is 5. The predicted molar refractivity (Wildman–Crippen MR) is 124 cm³/mol. The maximum atomic E-state index is 12.8. The van der Waals surface area contributed by atoms with Crippen molar-refractivity contribution in [3.63, 3.8) is 0 Å². The number of aliphatic imine (C=N–C) groups is 1. The summed E-state index contributed by atoms with van der Waals surface area (Å²) in [5.74, 6) is 2.32. The molecule has 2 amide bonds. The molecule has 0 aromatic carbocycles. The zero-order chi connectivity index (χ0) is 22.4. The number of carbonyl (C=O) groups excluding carboxylic acids is 2. The molecular formula is C23H42N6O2. The third-order valence-electron chi connectivity index (χ3n) is 6.80. The van der Waals surface area contributed by atoms with E-state index in [1.807, 2.05) is 0 Å². The lowest BCUT2D eigenvalue weighted by Crippen LogP contribution is -2.56. The van der Waals surface area contributed by atoms with Gasteiger partial charge in [-0.2, -0.15) is 0 Å². The molecule has 3 rings (SSSR count). The number of carbonyl (C=O) groups is 2. The molecule has 0 aromatic rings. The number of nitrogens with one attached hydrogen (secondary N) is 1. The molecule has 0 spiro atoms. The first kappa shape index (κ1) is 23.8. The van der Waals surface area contributed by atoms with Gasteiger partial charge in [0.15, 0.2) is 5.96 Å². The topological polar surface area (TPSA) is 71.5 Å². The van der Waals surface area contributed by atoms with E-state index in [0.29, 0.717) is 24.4 Å². The minimum atomic E-state index is 0.0138. The summed E-state index contributed by atoms with van der Waals surface area (Å²) >= 11 is 0. The van der Waals surface area contributed by atoms with E-state index >= 15 is 0 Å². The molecule has 1 N–H and O–H groups in total. The standard InChI is InChI=1S/C23H42N6O2/c1-18-13-19(2)16-29(15-18)22(31)17-27-9-11-28(12-10-27)23(24-14-21(30)26(3)4)25-20-7-5-6-8-20/h18-20H,5-17H2,1-4H3,(H,24,25). The summed E-state index contributed by atoms with van der Waals surface area (Å²) in [5, 5.41) is 3.61. The number of guanidine groups is 1. The first-order chi connectivity index (χ1) is 14.8. The van der Waals surface area contributed by atoms with Crippen LogP contribution in [0.5, 0.6) is 0 Å². The number of amides is 2. The lowest BCUT2D eigenvalue weighted by molar-refractivity contribution is -0.135. The molecule has 1 aliphatic carbocycles. The van der Waals surface area contributed by atoms with Crippen molar-refractivity contribution >= 4 is 17.8 Å². The van der Waals surface area contributed by atoms with Gasteiger partial charge in [0, 0.05) is 59.4 Å². The smallest absolute Gasteiger partial charge is 0.243 e. The molecule has 31 heavy (non-hydrogen) atoms. The third-order valence-corrected chi connectivity index (χ3v) is 6.80. The highest BCUT2D eigenvalue weighted by atomic mass is 16.2. The number of likely N-dealkylation sites (N-methyl/N-ethyl adjacent to an activating group) is 1. The molecule has 176 valence electrons. The zero-order valence-corrected chi connectivity index (χ0v) is 20.0.